The number of rotatable bonds is 6. The van der Waals surface area contributed by atoms with Crippen LogP contribution in [0.1, 0.15) is 19.8 Å². The molecule has 0 radical (unpaired) electrons. The lowest BCUT2D eigenvalue weighted by molar-refractivity contribution is 0.0176. The first-order valence-corrected chi connectivity index (χ1v) is 3.77. The van der Waals surface area contributed by atoms with Crippen LogP contribution in [0.15, 0.2) is 0 Å². The average Bonchev–Trinajstić information content (AvgIpc) is 1.99. The number of ether oxygens (including phenoxy) is 1. The number of aliphatic hydroxyl groups is 1. The van der Waals surface area contributed by atoms with Crippen molar-refractivity contribution in [3.05, 3.63) is 0 Å². The highest BCUT2D eigenvalue weighted by Crippen LogP contribution is 1.92. The van der Waals surface area contributed by atoms with Gasteiger partial charge in [0.25, 0.3) is 0 Å². The van der Waals surface area contributed by atoms with E-state index in [1.807, 2.05) is 0 Å². The van der Waals surface area contributed by atoms with Gasteiger partial charge in [0, 0.05) is 13.2 Å². The van der Waals surface area contributed by atoms with Gasteiger partial charge in [-0.3, -0.25) is 0 Å². The summed E-state index contributed by atoms with van der Waals surface area (Å²) in [5, 5.41) is 8.62. The largest absolute Gasteiger partial charge is 0.394 e. The molecule has 3 heteroatoms. The second kappa shape index (κ2) is 6.99. The van der Waals surface area contributed by atoms with Crippen molar-refractivity contribution in [2.45, 2.75) is 25.9 Å². The van der Waals surface area contributed by atoms with Crippen LogP contribution in [0.3, 0.4) is 0 Å². The third-order valence-corrected chi connectivity index (χ3v) is 1.32. The van der Waals surface area contributed by atoms with E-state index in [9.17, 15) is 0 Å². The molecular weight excluding hydrogens is 130 g/mol. The van der Waals surface area contributed by atoms with Gasteiger partial charge in [0.15, 0.2) is 0 Å². The number of aliphatic hydroxyl groups excluding tert-OH is 1. The van der Waals surface area contributed by atoms with Crippen molar-refractivity contribution in [2.24, 2.45) is 5.73 Å². The molecular formula is C7H17NO2. The Balaban J connectivity index is 3.09. The van der Waals surface area contributed by atoms with Crippen molar-refractivity contribution < 1.29 is 9.84 Å². The zero-order valence-electron chi connectivity index (χ0n) is 6.55. The molecule has 3 N–H and O–H groups in total. The van der Waals surface area contributed by atoms with Gasteiger partial charge < -0.3 is 15.6 Å². The van der Waals surface area contributed by atoms with Crippen LogP contribution in [0.2, 0.25) is 0 Å². The fourth-order valence-electron chi connectivity index (χ4n) is 0.590. The molecule has 0 aromatic heterocycles. The summed E-state index contributed by atoms with van der Waals surface area (Å²) in [5.41, 5.74) is 5.28. The van der Waals surface area contributed by atoms with Gasteiger partial charge in [0.05, 0.1) is 12.7 Å². The van der Waals surface area contributed by atoms with Crippen LogP contribution < -0.4 is 5.73 Å². The van der Waals surface area contributed by atoms with E-state index in [0.717, 1.165) is 12.8 Å². The number of hydrogen-bond acceptors (Lipinski definition) is 3. The van der Waals surface area contributed by atoms with Crippen LogP contribution in [0.5, 0.6) is 0 Å². The Morgan fingerprint density at radius 1 is 1.60 bits per heavy atom. The lowest BCUT2D eigenvalue weighted by Crippen LogP contribution is -2.27. The molecule has 0 aromatic rings. The van der Waals surface area contributed by atoms with Crippen LogP contribution >= 0.6 is 0 Å². The summed E-state index contributed by atoms with van der Waals surface area (Å²) in [6.07, 6.45) is 1.99. The van der Waals surface area contributed by atoms with Crippen molar-refractivity contribution in [2.75, 3.05) is 19.8 Å². The summed E-state index contributed by atoms with van der Waals surface area (Å²) in [6.45, 7) is 3.24. The molecule has 0 aliphatic carbocycles. The Bertz CT molecular complexity index is 64.6. The first-order chi connectivity index (χ1) is 4.85. The molecule has 62 valence electrons. The predicted molar refractivity (Wildman–Crippen MR) is 40.8 cm³/mol. The van der Waals surface area contributed by atoms with Crippen molar-refractivity contribution >= 4 is 0 Å². The molecule has 0 spiro atoms. The first kappa shape index (κ1) is 9.88. The van der Waals surface area contributed by atoms with Gasteiger partial charge >= 0.3 is 0 Å². The SMILES string of the molecule is CCCCOC(CN)CO. The Labute approximate surface area is 62.2 Å². The van der Waals surface area contributed by atoms with Crippen LogP contribution in [-0.2, 0) is 4.74 Å². The maximum Gasteiger partial charge on any atom is 0.0927 e. The van der Waals surface area contributed by atoms with Crippen LogP contribution in [0, 0.1) is 0 Å². The maximum atomic E-state index is 8.62. The fraction of sp³-hybridized carbons (Fsp3) is 1.00. The third kappa shape index (κ3) is 4.73. The molecule has 0 fully saturated rings. The second-order valence-corrected chi connectivity index (χ2v) is 2.26. The minimum absolute atomic E-state index is 0.0280. The highest BCUT2D eigenvalue weighted by atomic mass is 16.5. The van der Waals surface area contributed by atoms with Crippen molar-refractivity contribution in [3.63, 3.8) is 0 Å². The van der Waals surface area contributed by atoms with Crippen LogP contribution in [-0.4, -0.2) is 31.0 Å². The minimum Gasteiger partial charge on any atom is -0.394 e. The van der Waals surface area contributed by atoms with E-state index in [4.69, 9.17) is 15.6 Å². The smallest absolute Gasteiger partial charge is 0.0927 e. The fourth-order valence-corrected chi connectivity index (χ4v) is 0.590. The molecule has 0 amide bonds. The van der Waals surface area contributed by atoms with E-state index in [2.05, 4.69) is 6.92 Å². The Hall–Kier alpha value is -0.120. The molecule has 0 rings (SSSR count). The van der Waals surface area contributed by atoms with Crippen molar-refractivity contribution in [3.8, 4) is 0 Å². The van der Waals surface area contributed by atoms with Crippen molar-refractivity contribution in [1.29, 1.82) is 0 Å². The molecule has 1 unspecified atom stereocenters. The summed E-state index contributed by atoms with van der Waals surface area (Å²) >= 11 is 0. The predicted octanol–water partition coefficient (Wildman–Crippen LogP) is 0.123. The van der Waals surface area contributed by atoms with E-state index in [0.29, 0.717) is 13.2 Å². The standard InChI is InChI=1S/C7H17NO2/c1-2-3-4-10-7(5-8)6-9/h7,9H,2-6,8H2,1H3. The van der Waals surface area contributed by atoms with Crippen LogP contribution in [0.25, 0.3) is 0 Å². The second-order valence-electron chi connectivity index (χ2n) is 2.26. The molecule has 10 heavy (non-hydrogen) atoms. The molecule has 0 aliphatic heterocycles. The summed E-state index contributed by atoms with van der Waals surface area (Å²) in [6, 6.07) is 0. The number of nitrogens with two attached hydrogens (primary N) is 1. The van der Waals surface area contributed by atoms with Gasteiger partial charge in [-0.05, 0) is 6.42 Å². The van der Waals surface area contributed by atoms with Crippen LogP contribution in [0.4, 0.5) is 0 Å². The van der Waals surface area contributed by atoms with E-state index in [1.165, 1.54) is 0 Å². The summed E-state index contributed by atoms with van der Waals surface area (Å²) < 4.78 is 5.21. The summed E-state index contributed by atoms with van der Waals surface area (Å²) in [7, 11) is 0. The summed E-state index contributed by atoms with van der Waals surface area (Å²) in [4.78, 5) is 0. The molecule has 3 nitrogen and oxygen atoms in total. The van der Waals surface area contributed by atoms with Gasteiger partial charge in [0.2, 0.25) is 0 Å². The quantitative estimate of drug-likeness (QED) is 0.525. The Morgan fingerprint density at radius 2 is 2.30 bits per heavy atom. The van der Waals surface area contributed by atoms with E-state index in [1.54, 1.807) is 0 Å². The minimum atomic E-state index is -0.161. The normalized spacial score (nSPS) is 13.5. The molecule has 0 heterocycles. The topological polar surface area (TPSA) is 55.5 Å². The molecule has 0 aromatic carbocycles. The first-order valence-electron chi connectivity index (χ1n) is 3.77. The van der Waals surface area contributed by atoms with Gasteiger partial charge in [0.1, 0.15) is 0 Å². The Kier molecular flexibility index (Phi) is 6.91. The van der Waals surface area contributed by atoms with Gasteiger partial charge in [-0.1, -0.05) is 13.3 Å². The highest BCUT2D eigenvalue weighted by molar-refractivity contribution is 4.54. The molecule has 0 aliphatic rings. The van der Waals surface area contributed by atoms with Gasteiger partial charge in [-0.2, -0.15) is 0 Å². The van der Waals surface area contributed by atoms with E-state index < -0.39 is 0 Å². The maximum absolute atomic E-state index is 8.62. The average molecular weight is 147 g/mol. The lowest BCUT2D eigenvalue weighted by atomic mass is 10.3. The summed E-state index contributed by atoms with van der Waals surface area (Å²) in [5.74, 6) is 0. The van der Waals surface area contributed by atoms with Gasteiger partial charge in [-0.25, -0.2) is 0 Å². The Morgan fingerprint density at radius 3 is 2.70 bits per heavy atom. The van der Waals surface area contributed by atoms with Crippen molar-refractivity contribution in [1.82, 2.24) is 0 Å². The molecule has 0 saturated carbocycles. The zero-order chi connectivity index (χ0) is 7.82. The molecule has 0 bridgehead atoms. The molecule has 1 atom stereocenters. The monoisotopic (exact) mass is 147 g/mol. The number of unbranched alkanes of at least 4 members (excludes halogenated alkanes) is 1. The van der Waals surface area contributed by atoms with E-state index >= 15 is 0 Å². The molecule has 0 saturated heterocycles. The van der Waals surface area contributed by atoms with Gasteiger partial charge in [-0.15, -0.1) is 0 Å². The number of hydrogen-bond donors (Lipinski definition) is 2. The van der Waals surface area contributed by atoms with E-state index in [-0.39, 0.29) is 12.7 Å². The zero-order valence-corrected chi connectivity index (χ0v) is 6.55. The third-order valence-electron chi connectivity index (χ3n) is 1.32. The highest BCUT2D eigenvalue weighted by Gasteiger charge is 2.02. The lowest BCUT2D eigenvalue weighted by Gasteiger charge is -2.11.